The molecule has 1 fully saturated rings. The number of benzene rings is 2. The van der Waals surface area contributed by atoms with Gasteiger partial charge in [0.25, 0.3) is 0 Å². The summed E-state index contributed by atoms with van der Waals surface area (Å²) in [5.41, 5.74) is 10.3. The molecule has 2 N–H and O–H groups in total. The van der Waals surface area contributed by atoms with E-state index >= 15 is 0 Å². The molecule has 1 aromatic heterocycles. The van der Waals surface area contributed by atoms with Gasteiger partial charge in [-0.2, -0.15) is 5.10 Å². The maximum atomic E-state index is 6.01. The van der Waals surface area contributed by atoms with Crippen molar-refractivity contribution in [3.63, 3.8) is 0 Å². The van der Waals surface area contributed by atoms with Crippen molar-refractivity contribution in [2.45, 2.75) is 25.9 Å². The average molecular weight is 306 g/mol. The van der Waals surface area contributed by atoms with Crippen molar-refractivity contribution < 1.29 is 0 Å². The highest BCUT2D eigenvalue weighted by molar-refractivity contribution is 5.85. The molecule has 0 unspecified atom stereocenters. The second kappa shape index (κ2) is 6.05. The molecule has 3 aromatic rings. The monoisotopic (exact) mass is 306 g/mol. The van der Waals surface area contributed by atoms with E-state index in [0.717, 1.165) is 30.0 Å². The van der Waals surface area contributed by atoms with E-state index in [-0.39, 0.29) is 0 Å². The van der Waals surface area contributed by atoms with Crippen molar-refractivity contribution in [3.8, 4) is 0 Å². The predicted molar refractivity (Wildman–Crippen MR) is 94.2 cm³/mol. The first-order chi connectivity index (χ1) is 11.3. The second-order valence-electron chi connectivity index (χ2n) is 6.35. The average Bonchev–Trinajstić information content (AvgIpc) is 3.18. The minimum atomic E-state index is 0.779. The van der Waals surface area contributed by atoms with Crippen molar-refractivity contribution in [2.75, 3.05) is 18.8 Å². The first-order valence-electron chi connectivity index (χ1n) is 8.31. The van der Waals surface area contributed by atoms with Crippen molar-refractivity contribution in [3.05, 3.63) is 59.8 Å². The molecular weight excluding hydrogens is 284 g/mol. The summed E-state index contributed by atoms with van der Waals surface area (Å²) >= 11 is 0. The van der Waals surface area contributed by atoms with Gasteiger partial charge in [0.2, 0.25) is 0 Å². The van der Waals surface area contributed by atoms with Gasteiger partial charge in [-0.3, -0.25) is 9.58 Å². The summed E-state index contributed by atoms with van der Waals surface area (Å²) in [4.78, 5) is 2.49. The highest BCUT2D eigenvalue weighted by Gasteiger charge is 2.17. The zero-order valence-corrected chi connectivity index (χ0v) is 13.3. The van der Waals surface area contributed by atoms with E-state index in [9.17, 15) is 0 Å². The minimum Gasteiger partial charge on any atom is -0.399 e. The fraction of sp³-hybridized carbons (Fsp3) is 0.316. The number of nitrogens with zero attached hydrogens (tertiary/aromatic N) is 3. The lowest BCUT2D eigenvalue weighted by atomic mass is 10.2. The molecule has 0 atom stereocenters. The fourth-order valence-electron chi connectivity index (χ4n) is 3.41. The van der Waals surface area contributed by atoms with E-state index in [1.54, 1.807) is 0 Å². The summed E-state index contributed by atoms with van der Waals surface area (Å²) in [5.74, 6) is 0. The quantitative estimate of drug-likeness (QED) is 0.753. The number of hydrogen-bond acceptors (Lipinski definition) is 3. The third kappa shape index (κ3) is 2.94. The molecule has 0 amide bonds. The van der Waals surface area contributed by atoms with Crippen LogP contribution < -0.4 is 5.73 Å². The van der Waals surface area contributed by atoms with E-state index in [2.05, 4.69) is 39.9 Å². The summed E-state index contributed by atoms with van der Waals surface area (Å²) in [6.07, 6.45) is 2.60. The number of anilines is 1. The molecule has 2 heterocycles. The van der Waals surface area contributed by atoms with Gasteiger partial charge < -0.3 is 5.73 Å². The van der Waals surface area contributed by atoms with Gasteiger partial charge in [0.05, 0.1) is 17.8 Å². The highest BCUT2D eigenvalue weighted by Crippen LogP contribution is 2.24. The zero-order chi connectivity index (χ0) is 15.6. The van der Waals surface area contributed by atoms with Gasteiger partial charge in [0.15, 0.2) is 0 Å². The van der Waals surface area contributed by atoms with Gasteiger partial charge in [-0.15, -0.1) is 0 Å². The van der Waals surface area contributed by atoms with Gasteiger partial charge in [-0.05, 0) is 49.7 Å². The van der Waals surface area contributed by atoms with Gasteiger partial charge in [0.1, 0.15) is 0 Å². The first kappa shape index (κ1) is 14.3. The molecule has 4 nitrogen and oxygen atoms in total. The number of nitrogens with two attached hydrogens (primary N) is 1. The van der Waals surface area contributed by atoms with Gasteiger partial charge in [-0.1, -0.05) is 30.3 Å². The van der Waals surface area contributed by atoms with Crippen LogP contribution in [0.3, 0.4) is 0 Å². The van der Waals surface area contributed by atoms with Crippen molar-refractivity contribution in [1.82, 2.24) is 14.7 Å². The Hall–Kier alpha value is -2.33. The Labute approximate surface area is 136 Å². The van der Waals surface area contributed by atoms with Crippen LogP contribution >= 0.6 is 0 Å². The molecule has 1 aliphatic rings. The van der Waals surface area contributed by atoms with Crippen LogP contribution in [0, 0.1) is 0 Å². The van der Waals surface area contributed by atoms with Crippen molar-refractivity contribution in [1.29, 1.82) is 0 Å². The van der Waals surface area contributed by atoms with Crippen LogP contribution in [0.5, 0.6) is 0 Å². The zero-order valence-electron chi connectivity index (χ0n) is 13.3. The van der Waals surface area contributed by atoms with Gasteiger partial charge in [-0.25, -0.2) is 0 Å². The Morgan fingerprint density at radius 1 is 0.957 bits per heavy atom. The SMILES string of the molecule is Nc1ccc2c(CN3CCCC3)nn(Cc3ccccc3)c2c1. The number of likely N-dealkylation sites (tertiary alicyclic amines) is 1. The lowest BCUT2D eigenvalue weighted by Crippen LogP contribution is -2.19. The third-order valence-corrected chi connectivity index (χ3v) is 4.60. The number of rotatable bonds is 4. The van der Waals surface area contributed by atoms with Gasteiger partial charge >= 0.3 is 0 Å². The normalized spacial score (nSPS) is 15.5. The summed E-state index contributed by atoms with van der Waals surface area (Å²) in [6.45, 7) is 4.08. The predicted octanol–water partition coefficient (Wildman–Crippen LogP) is 3.26. The Bertz CT molecular complexity index is 801. The molecule has 0 saturated carbocycles. The topological polar surface area (TPSA) is 47.1 Å². The Morgan fingerprint density at radius 2 is 1.74 bits per heavy atom. The molecule has 4 rings (SSSR count). The highest BCUT2D eigenvalue weighted by atomic mass is 15.3. The molecule has 4 heteroatoms. The molecule has 118 valence electrons. The Kier molecular flexibility index (Phi) is 3.75. The molecule has 2 aromatic carbocycles. The molecule has 0 radical (unpaired) electrons. The van der Waals surface area contributed by atoms with Crippen LogP contribution in [0.15, 0.2) is 48.5 Å². The fourth-order valence-corrected chi connectivity index (χ4v) is 3.41. The van der Waals surface area contributed by atoms with Crippen LogP contribution in [-0.4, -0.2) is 27.8 Å². The lowest BCUT2D eigenvalue weighted by molar-refractivity contribution is 0.327. The Balaban J connectivity index is 1.72. The number of fused-ring (bicyclic) bond motifs is 1. The van der Waals surface area contributed by atoms with Gasteiger partial charge in [0, 0.05) is 17.6 Å². The van der Waals surface area contributed by atoms with Crippen LogP contribution in [0.4, 0.5) is 5.69 Å². The molecule has 1 saturated heterocycles. The van der Waals surface area contributed by atoms with Crippen molar-refractivity contribution in [2.24, 2.45) is 0 Å². The minimum absolute atomic E-state index is 0.779. The van der Waals surface area contributed by atoms with E-state index in [0.29, 0.717) is 0 Å². The number of hydrogen-bond donors (Lipinski definition) is 1. The maximum Gasteiger partial charge on any atom is 0.0843 e. The van der Waals surface area contributed by atoms with Crippen molar-refractivity contribution >= 4 is 16.6 Å². The smallest absolute Gasteiger partial charge is 0.0843 e. The molecule has 0 bridgehead atoms. The number of aromatic nitrogens is 2. The van der Waals surface area contributed by atoms with E-state index in [1.807, 2.05) is 18.2 Å². The molecular formula is C19H22N4. The molecule has 0 spiro atoms. The van der Waals surface area contributed by atoms with Crippen LogP contribution in [-0.2, 0) is 13.1 Å². The first-order valence-corrected chi connectivity index (χ1v) is 8.31. The van der Waals surface area contributed by atoms with Crippen LogP contribution in [0.25, 0.3) is 10.9 Å². The summed E-state index contributed by atoms with van der Waals surface area (Å²) in [6, 6.07) is 16.6. The summed E-state index contributed by atoms with van der Waals surface area (Å²) in [7, 11) is 0. The lowest BCUT2D eigenvalue weighted by Gasteiger charge is -2.12. The van der Waals surface area contributed by atoms with E-state index < -0.39 is 0 Å². The summed E-state index contributed by atoms with van der Waals surface area (Å²) in [5, 5.41) is 6.13. The molecule has 0 aliphatic carbocycles. The second-order valence-corrected chi connectivity index (χ2v) is 6.35. The molecule has 23 heavy (non-hydrogen) atoms. The standard InChI is InChI=1S/C19H22N4/c20-16-8-9-17-18(14-22-10-4-5-11-22)21-23(19(17)12-16)13-15-6-2-1-3-7-15/h1-3,6-9,12H,4-5,10-11,13-14,20H2. The summed E-state index contributed by atoms with van der Waals surface area (Å²) < 4.78 is 2.09. The van der Waals surface area contributed by atoms with E-state index in [4.69, 9.17) is 10.8 Å². The Morgan fingerprint density at radius 3 is 2.52 bits per heavy atom. The molecule has 1 aliphatic heterocycles. The van der Waals surface area contributed by atoms with E-state index in [1.165, 1.54) is 36.9 Å². The number of nitrogen functional groups attached to an aromatic ring is 1. The third-order valence-electron chi connectivity index (χ3n) is 4.60. The largest absolute Gasteiger partial charge is 0.399 e. The maximum absolute atomic E-state index is 6.01. The van der Waals surface area contributed by atoms with Crippen LogP contribution in [0.1, 0.15) is 24.1 Å². The van der Waals surface area contributed by atoms with Crippen LogP contribution in [0.2, 0.25) is 0 Å².